The molecule has 0 unspecified atom stereocenters. The third-order valence-electron chi connectivity index (χ3n) is 0.628. The van der Waals surface area contributed by atoms with Gasteiger partial charge in [-0.05, 0) is 13.6 Å². The van der Waals surface area contributed by atoms with Crippen molar-refractivity contribution in [1.29, 1.82) is 0 Å². The van der Waals surface area contributed by atoms with Crippen LogP contribution in [-0.4, -0.2) is 30.9 Å². The Labute approximate surface area is 57.1 Å². The van der Waals surface area contributed by atoms with Crippen LogP contribution in [0.25, 0.3) is 0 Å². The molecule has 0 spiro atoms. The van der Waals surface area contributed by atoms with Gasteiger partial charge in [0.25, 0.3) is 10.1 Å². The molecular weight excluding hydrogens is 158 g/mol. The second-order valence-electron chi connectivity index (χ2n) is 1.59. The Kier molecular flexibility index (Phi) is 3.34. The van der Waals surface area contributed by atoms with Crippen LogP contribution in [0.3, 0.4) is 0 Å². The predicted octanol–water partition coefficient (Wildman–Crippen LogP) is -0.700. The molecular formula is C3H10NO3SSi. The summed E-state index contributed by atoms with van der Waals surface area (Å²) in [5, 5.41) is 0. The number of rotatable bonds is 3. The molecule has 0 saturated heterocycles. The molecule has 0 aromatic carbocycles. The van der Waals surface area contributed by atoms with Crippen molar-refractivity contribution in [3.63, 3.8) is 0 Å². The zero-order valence-corrected chi connectivity index (χ0v) is 7.45. The lowest BCUT2D eigenvalue weighted by atomic mass is 11.6. The highest BCUT2D eigenvalue weighted by Gasteiger charge is 2.09. The fourth-order valence-electron chi connectivity index (χ4n) is 0.269. The smallest absolute Gasteiger partial charge is 0.318 e. The molecule has 0 saturated carbocycles. The maximum atomic E-state index is 10.4. The van der Waals surface area contributed by atoms with Crippen LogP contribution in [0.4, 0.5) is 0 Å². The molecule has 0 aromatic heterocycles. The molecule has 0 rings (SSSR count). The highest BCUT2D eigenvalue weighted by molar-refractivity contribution is 7.86. The first-order chi connectivity index (χ1) is 3.95. The lowest BCUT2D eigenvalue weighted by Crippen LogP contribution is -2.32. The molecule has 9 heavy (non-hydrogen) atoms. The molecule has 1 radical (unpaired) electrons. The van der Waals surface area contributed by atoms with E-state index in [9.17, 15) is 8.42 Å². The van der Waals surface area contributed by atoms with Gasteiger partial charge in [-0.2, -0.15) is 0 Å². The van der Waals surface area contributed by atoms with Crippen LogP contribution in [0.5, 0.6) is 0 Å². The van der Waals surface area contributed by atoms with E-state index in [-0.39, 0.29) is 0 Å². The van der Waals surface area contributed by atoms with Crippen molar-refractivity contribution in [1.82, 2.24) is 4.98 Å². The fourth-order valence-corrected chi connectivity index (χ4v) is 2.42. The predicted molar refractivity (Wildman–Crippen MR) is 36.6 cm³/mol. The molecule has 0 aromatic rings. The average Bonchev–Trinajstić information content (AvgIpc) is 1.62. The lowest BCUT2D eigenvalue weighted by Gasteiger charge is -2.04. The van der Waals surface area contributed by atoms with Crippen molar-refractivity contribution in [2.24, 2.45) is 0 Å². The van der Waals surface area contributed by atoms with Gasteiger partial charge in [-0.25, -0.2) is 8.42 Å². The van der Waals surface area contributed by atoms with E-state index in [0.29, 0.717) is 0 Å². The fraction of sp³-hybridized carbons (Fsp3) is 1.00. The van der Waals surface area contributed by atoms with Crippen LogP contribution in [0.15, 0.2) is 0 Å². The summed E-state index contributed by atoms with van der Waals surface area (Å²) in [6, 6.07) is 0. The van der Waals surface area contributed by atoms with Gasteiger partial charge in [0.05, 0.1) is 6.26 Å². The lowest BCUT2D eigenvalue weighted by molar-refractivity contribution is 0.495. The first-order valence-corrected chi connectivity index (χ1v) is 6.09. The normalized spacial score (nSPS) is 12.4. The summed E-state index contributed by atoms with van der Waals surface area (Å²) in [7, 11) is -2.91. The Bertz CT molecular complexity index is 166. The van der Waals surface area contributed by atoms with Crippen molar-refractivity contribution in [2.45, 2.75) is 6.55 Å². The second kappa shape index (κ2) is 3.30. The summed E-state index contributed by atoms with van der Waals surface area (Å²) in [5.41, 5.74) is 0. The summed E-state index contributed by atoms with van der Waals surface area (Å²) in [6.07, 6.45) is 1.04. The van der Waals surface area contributed by atoms with Crippen molar-refractivity contribution >= 4 is 19.3 Å². The maximum Gasteiger partial charge on any atom is 0.320 e. The minimum atomic E-state index is -3.25. The van der Waals surface area contributed by atoms with Crippen molar-refractivity contribution in [3.8, 4) is 0 Å². The molecule has 0 aliphatic carbocycles. The van der Waals surface area contributed by atoms with Crippen molar-refractivity contribution in [2.75, 3.05) is 13.3 Å². The van der Waals surface area contributed by atoms with E-state index in [1.165, 1.54) is 0 Å². The van der Waals surface area contributed by atoms with Crippen molar-refractivity contribution < 1.29 is 12.3 Å². The molecule has 4 nitrogen and oxygen atoms in total. The second-order valence-corrected chi connectivity index (χ2v) is 5.28. The van der Waals surface area contributed by atoms with Crippen LogP contribution < -0.4 is 4.98 Å². The van der Waals surface area contributed by atoms with Gasteiger partial charge in [-0.1, -0.05) is 0 Å². The highest BCUT2D eigenvalue weighted by Crippen LogP contribution is 1.87. The van der Waals surface area contributed by atoms with E-state index in [1.807, 2.05) is 0 Å². The number of nitrogens with one attached hydrogen (secondary N) is 1. The summed E-state index contributed by atoms with van der Waals surface area (Å²) < 4.78 is 25.3. The number of hydrogen-bond acceptors (Lipinski definition) is 4. The topological polar surface area (TPSA) is 55.4 Å². The Morgan fingerprint density at radius 1 is 1.56 bits per heavy atom. The van der Waals surface area contributed by atoms with Gasteiger partial charge in [-0.3, -0.25) is 3.87 Å². The molecule has 0 amide bonds. The van der Waals surface area contributed by atoms with E-state index in [4.69, 9.17) is 0 Å². The molecule has 0 bridgehead atoms. The van der Waals surface area contributed by atoms with Crippen molar-refractivity contribution in [3.05, 3.63) is 0 Å². The van der Waals surface area contributed by atoms with Crippen LogP contribution in [0.1, 0.15) is 0 Å². The van der Waals surface area contributed by atoms with Gasteiger partial charge in [0.2, 0.25) is 0 Å². The quantitative estimate of drug-likeness (QED) is 0.566. The minimum Gasteiger partial charge on any atom is -0.318 e. The van der Waals surface area contributed by atoms with Gasteiger partial charge in [-0.15, -0.1) is 0 Å². The van der Waals surface area contributed by atoms with E-state index in [1.54, 1.807) is 13.6 Å². The molecule has 55 valence electrons. The summed E-state index contributed by atoms with van der Waals surface area (Å²) in [5.74, 6) is 0. The van der Waals surface area contributed by atoms with E-state index >= 15 is 0 Å². The summed E-state index contributed by atoms with van der Waals surface area (Å²) in [4.78, 5) is 2.72. The zero-order valence-electron chi connectivity index (χ0n) is 5.63. The first kappa shape index (κ1) is 9.09. The maximum absolute atomic E-state index is 10.4. The van der Waals surface area contributed by atoms with Gasteiger partial charge in [0.15, 0.2) is 0 Å². The van der Waals surface area contributed by atoms with Crippen LogP contribution in [0.2, 0.25) is 6.55 Å². The number of hydrogen-bond donors (Lipinski definition) is 1. The highest BCUT2D eigenvalue weighted by atomic mass is 32.2. The van der Waals surface area contributed by atoms with Gasteiger partial charge < -0.3 is 4.98 Å². The monoisotopic (exact) mass is 168 g/mol. The molecule has 6 heteroatoms. The summed E-state index contributed by atoms with van der Waals surface area (Å²) in [6.45, 7) is 1.71. The van der Waals surface area contributed by atoms with E-state index in [0.717, 1.165) is 6.26 Å². The molecule has 0 atom stereocenters. The van der Waals surface area contributed by atoms with E-state index < -0.39 is 19.3 Å². The minimum absolute atomic E-state index is 1.04. The largest absolute Gasteiger partial charge is 0.320 e. The average molecular weight is 168 g/mol. The molecule has 0 aliphatic rings. The Balaban J connectivity index is 3.75. The first-order valence-electron chi connectivity index (χ1n) is 2.36. The molecule has 0 aliphatic heterocycles. The zero-order chi connectivity index (χ0) is 7.49. The molecule has 0 fully saturated rings. The molecule has 1 N–H and O–H groups in total. The Morgan fingerprint density at radius 3 is 2.11 bits per heavy atom. The van der Waals surface area contributed by atoms with Gasteiger partial charge in [0.1, 0.15) is 0 Å². The summed E-state index contributed by atoms with van der Waals surface area (Å²) >= 11 is 0. The van der Waals surface area contributed by atoms with Gasteiger partial charge in [0, 0.05) is 0 Å². The standard InChI is InChI=1S/C3H10NO3SSi/c1-4-9(3)7-8(2,5)6/h4H,1-3H3. The van der Waals surface area contributed by atoms with Crippen LogP contribution >= 0.6 is 0 Å². The van der Waals surface area contributed by atoms with Crippen LogP contribution in [-0.2, 0) is 14.0 Å². The van der Waals surface area contributed by atoms with E-state index in [2.05, 4.69) is 8.85 Å². The Morgan fingerprint density at radius 2 is 2.00 bits per heavy atom. The van der Waals surface area contributed by atoms with Gasteiger partial charge >= 0.3 is 9.20 Å². The third-order valence-corrected chi connectivity index (χ3v) is 3.54. The SMILES string of the molecule is CN[Si](C)OS(C)(=O)=O. The van der Waals surface area contributed by atoms with Crippen LogP contribution in [0, 0.1) is 0 Å². The molecule has 0 heterocycles. The third kappa shape index (κ3) is 5.97. The Hall–Kier alpha value is 0.0869.